The van der Waals surface area contributed by atoms with E-state index in [4.69, 9.17) is 15.3 Å². The summed E-state index contributed by atoms with van der Waals surface area (Å²) in [5.74, 6) is -0.152. The van der Waals surface area contributed by atoms with Crippen LogP contribution >= 0.6 is 0 Å². The lowest BCUT2D eigenvalue weighted by Gasteiger charge is -2.40. The van der Waals surface area contributed by atoms with Gasteiger partial charge in [0, 0.05) is 24.8 Å². The molecule has 174 valence electrons. The number of nitrogens with zero attached hydrogens (tertiary/aromatic N) is 5. The van der Waals surface area contributed by atoms with Crippen LogP contribution in [0.5, 0.6) is 5.75 Å². The number of hydrogen-bond acceptors (Lipinski definition) is 7. The minimum Gasteiger partial charge on any atom is -0.489 e. The number of nitriles is 2. The van der Waals surface area contributed by atoms with Crippen LogP contribution in [0, 0.1) is 28.6 Å². The molecule has 1 saturated heterocycles. The third-order valence-corrected chi connectivity index (χ3v) is 7.95. The quantitative estimate of drug-likeness (QED) is 0.556. The van der Waals surface area contributed by atoms with Gasteiger partial charge in [-0.05, 0) is 35.9 Å². The van der Waals surface area contributed by atoms with Crippen molar-refractivity contribution in [1.82, 2.24) is 9.29 Å². The summed E-state index contributed by atoms with van der Waals surface area (Å²) >= 11 is 0. The zero-order chi connectivity index (χ0) is 24.6. The van der Waals surface area contributed by atoms with Crippen molar-refractivity contribution in [3.8, 4) is 29.0 Å². The van der Waals surface area contributed by atoms with Crippen LogP contribution in [0.25, 0.3) is 11.1 Å². The summed E-state index contributed by atoms with van der Waals surface area (Å²) in [6, 6.07) is 16.9. The molecule has 0 saturated carbocycles. The lowest BCUT2D eigenvalue weighted by molar-refractivity contribution is -0.125. The Morgan fingerprint density at radius 3 is 2.49 bits per heavy atom. The molecule has 1 fully saturated rings. The van der Waals surface area contributed by atoms with Gasteiger partial charge in [-0.3, -0.25) is 9.78 Å². The van der Waals surface area contributed by atoms with Gasteiger partial charge in [0.15, 0.2) is 5.75 Å². The molecule has 5 rings (SSSR count). The molecule has 3 aromatic rings. The second kappa shape index (κ2) is 8.84. The number of hydrogen-bond donors (Lipinski definition) is 0. The maximum atomic E-state index is 13.3. The molecule has 0 atom stereocenters. The first kappa shape index (κ1) is 22.5. The number of pyridine rings is 1. The highest BCUT2D eigenvalue weighted by Gasteiger charge is 2.43. The largest absolute Gasteiger partial charge is 0.489 e. The van der Waals surface area contributed by atoms with Crippen LogP contribution in [0.3, 0.4) is 0 Å². The maximum absolute atomic E-state index is 13.3. The number of aromatic nitrogens is 1. The van der Waals surface area contributed by atoms with E-state index >= 15 is 0 Å². The minimum atomic E-state index is -3.79. The molecule has 0 bridgehead atoms. The molecule has 2 aromatic carbocycles. The molecule has 35 heavy (non-hydrogen) atoms. The fraction of sp³-hybridized carbons (Fsp3) is 0.200. The first-order valence-corrected chi connectivity index (χ1v) is 12.3. The van der Waals surface area contributed by atoms with Gasteiger partial charge >= 0.3 is 0 Å². The summed E-state index contributed by atoms with van der Waals surface area (Å²) in [5, 5.41) is 18.1. The van der Waals surface area contributed by atoms with E-state index in [9.17, 15) is 13.2 Å². The van der Waals surface area contributed by atoms with Crippen molar-refractivity contribution in [2.24, 2.45) is 5.92 Å². The normalized spacial score (nSPS) is 15.8. The maximum Gasteiger partial charge on any atom is 0.243 e. The van der Waals surface area contributed by atoms with E-state index in [0.29, 0.717) is 35.7 Å². The number of sulfonamides is 1. The zero-order valence-electron chi connectivity index (χ0n) is 18.5. The van der Waals surface area contributed by atoms with Gasteiger partial charge in [-0.1, -0.05) is 18.2 Å². The third-order valence-electron chi connectivity index (χ3n) is 6.12. The molecule has 0 radical (unpaired) electrons. The van der Waals surface area contributed by atoms with Gasteiger partial charge in [0.1, 0.15) is 12.3 Å². The molecule has 10 heteroatoms. The van der Waals surface area contributed by atoms with Crippen molar-refractivity contribution >= 4 is 21.6 Å². The second-order valence-corrected chi connectivity index (χ2v) is 10.2. The SMILES string of the molecule is N#Cc1ccc(-c2cncc3c2OCCN3C(=O)C2CN(S(=O)(=O)c3cccc(C#N)c3)C2)cc1. The Labute approximate surface area is 202 Å². The number of rotatable bonds is 4. The highest BCUT2D eigenvalue weighted by molar-refractivity contribution is 7.89. The Morgan fingerprint density at radius 2 is 1.77 bits per heavy atom. The number of ether oxygens (including phenoxy) is 1. The van der Waals surface area contributed by atoms with Crippen molar-refractivity contribution in [3.63, 3.8) is 0 Å². The molecule has 2 aliphatic rings. The molecule has 0 aliphatic carbocycles. The first-order chi connectivity index (χ1) is 16.9. The van der Waals surface area contributed by atoms with E-state index in [1.165, 1.54) is 28.6 Å². The standard InChI is InChI=1S/C25H19N5O4S/c26-11-17-4-6-19(7-5-17)22-13-28-14-23-24(22)34-9-8-30(23)25(31)20-15-29(16-20)35(32,33)21-3-1-2-18(10-21)12-27/h1-7,10,13-14,20H,8-9,15-16H2. The molecule has 1 aromatic heterocycles. The second-order valence-electron chi connectivity index (χ2n) is 8.22. The van der Waals surface area contributed by atoms with E-state index < -0.39 is 15.9 Å². The molecule has 0 spiro atoms. The molecule has 1 amide bonds. The Balaban J connectivity index is 1.35. The molecule has 2 aliphatic heterocycles. The van der Waals surface area contributed by atoms with Gasteiger partial charge in [0.2, 0.25) is 15.9 Å². The van der Waals surface area contributed by atoms with Gasteiger partial charge in [-0.2, -0.15) is 14.8 Å². The van der Waals surface area contributed by atoms with Crippen molar-refractivity contribution < 1.29 is 17.9 Å². The van der Waals surface area contributed by atoms with E-state index in [1.807, 2.05) is 6.07 Å². The highest BCUT2D eigenvalue weighted by atomic mass is 32.2. The summed E-state index contributed by atoms with van der Waals surface area (Å²) in [6.07, 6.45) is 3.22. The monoisotopic (exact) mass is 485 g/mol. The smallest absolute Gasteiger partial charge is 0.243 e. The Hall–Kier alpha value is -4.25. The van der Waals surface area contributed by atoms with Gasteiger partial charge in [0.25, 0.3) is 0 Å². The van der Waals surface area contributed by atoms with Gasteiger partial charge in [0.05, 0.1) is 46.8 Å². The molecule has 9 nitrogen and oxygen atoms in total. The average molecular weight is 486 g/mol. The molecule has 3 heterocycles. The number of benzene rings is 2. The Bertz CT molecular complexity index is 1500. The number of amides is 1. The first-order valence-electron chi connectivity index (χ1n) is 10.9. The van der Waals surface area contributed by atoms with Crippen LogP contribution in [0.2, 0.25) is 0 Å². The van der Waals surface area contributed by atoms with Crippen LogP contribution in [-0.4, -0.2) is 49.9 Å². The number of anilines is 1. The summed E-state index contributed by atoms with van der Waals surface area (Å²) in [4.78, 5) is 19.3. The summed E-state index contributed by atoms with van der Waals surface area (Å²) in [5.41, 5.74) is 2.84. The van der Waals surface area contributed by atoms with Gasteiger partial charge < -0.3 is 9.64 Å². The van der Waals surface area contributed by atoms with Crippen molar-refractivity contribution in [1.29, 1.82) is 10.5 Å². The van der Waals surface area contributed by atoms with Crippen LogP contribution in [0.4, 0.5) is 5.69 Å². The van der Waals surface area contributed by atoms with Gasteiger partial charge in [-0.25, -0.2) is 8.42 Å². The van der Waals surface area contributed by atoms with Crippen LogP contribution in [0.1, 0.15) is 11.1 Å². The van der Waals surface area contributed by atoms with E-state index in [-0.39, 0.29) is 29.5 Å². The van der Waals surface area contributed by atoms with E-state index in [2.05, 4.69) is 11.1 Å². The molecular weight excluding hydrogens is 466 g/mol. The van der Waals surface area contributed by atoms with Gasteiger partial charge in [-0.15, -0.1) is 0 Å². The predicted octanol–water partition coefficient (Wildman–Crippen LogP) is 2.54. The van der Waals surface area contributed by atoms with Crippen molar-refractivity contribution in [2.75, 3.05) is 31.1 Å². The van der Waals surface area contributed by atoms with E-state index in [1.54, 1.807) is 41.6 Å². The Morgan fingerprint density at radius 1 is 1.03 bits per heavy atom. The highest BCUT2D eigenvalue weighted by Crippen LogP contribution is 2.41. The van der Waals surface area contributed by atoms with Crippen LogP contribution in [-0.2, 0) is 14.8 Å². The number of carbonyl (C=O) groups excluding carboxylic acids is 1. The minimum absolute atomic E-state index is 0.0374. The van der Waals surface area contributed by atoms with Crippen LogP contribution < -0.4 is 9.64 Å². The average Bonchev–Trinajstić information content (AvgIpc) is 2.87. The van der Waals surface area contributed by atoms with Crippen molar-refractivity contribution in [2.45, 2.75) is 4.90 Å². The molecular formula is C25H19N5O4S. The zero-order valence-corrected chi connectivity index (χ0v) is 19.3. The lowest BCUT2D eigenvalue weighted by atomic mass is 10.00. The van der Waals surface area contributed by atoms with E-state index in [0.717, 1.165) is 5.56 Å². The summed E-state index contributed by atoms with van der Waals surface area (Å²) in [6.45, 7) is 0.750. The fourth-order valence-corrected chi connectivity index (χ4v) is 5.76. The third kappa shape index (κ3) is 3.99. The summed E-state index contributed by atoms with van der Waals surface area (Å²) < 4.78 is 33.0. The topological polar surface area (TPSA) is 127 Å². The van der Waals surface area contributed by atoms with Crippen LogP contribution in [0.15, 0.2) is 65.8 Å². The molecule has 0 unspecified atom stereocenters. The Kier molecular flexibility index (Phi) is 5.69. The molecule has 0 N–H and O–H groups in total. The number of fused-ring (bicyclic) bond motifs is 1. The fourth-order valence-electron chi connectivity index (χ4n) is 4.19. The van der Waals surface area contributed by atoms with Crippen molar-refractivity contribution in [3.05, 3.63) is 72.1 Å². The predicted molar refractivity (Wildman–Crippen MR) is 126 cm³/mol. The number of carbonyl (C=O) groups is 1. The summed E-state index contributed by atoms with van der Waals surface area (Å²) in [7, 11) is -3.79. The lowest BCUT2D eigenvalue weighted by Crippen LogP contribution is -2.57.